The van der Waals surface area contributed by atoms with E-state index in [1.807, 2.05) is 6.20 Å². The number of nitrogens with zero attached hydrogens (tertiary/aromatic N) is 2. The lowest BCUT2D eigenvalue weighted by Crippen LogP contribution is -2.40. The van der Waals surface area contributed by atoms with Crippen molar-refractivity contribution in [2.45, 2.75) is 66.1 Å². The van der Waals surface area contributed by atoms with Crippen LogP contribution in [0.1, 0.15) is 51.7 Å². The predicted octanol–water partition coefficient (Wildman–Crippen LogP) is 3.51. The van der Waals surface area contributed by atoms with Crippen LogP contribution in [0.3, 0.4) is 0 Å². The lowest BCUT2D eigenvalue weighted by Gasteiger charge is -2.36. The molecule has 1 aliphatic rings. The number of hydrogen-bond donors (Lipinski definition) is 1. The Morgan fingerprint density at radius 2 is 2.05 bits per heavy atom. The molecule has 1 aromatic heterocycles. The lowest BCUT2D eigenvalue weighted by atomic mass is 9.87. The molecule has 20 heavy (non-hydrogen) atoms. The molecule has 3 heteroatoms. The maximum atomic E-state index is 4.70. The van der Waals surface area contributed by atoms with Gasteiger partial charge < -0.3 is 10.2 Å². The molecule has 0 radical (unpaired) electrons. The largest absolute Gasteiger partial charge is 0.356 e. The highest BCUT2D eigenvalue weighted by Crippen LogP contribution is 2.28. The topological polar surface area (TPSA) is 28.2 Å². The first-order valence-electron chi connectivity index (χ1n) is 7.71. The Morgan fingerprint density at radius 3 is 2.55 bits per heavy atom. The average molecular weight is 275 g/mol. The summed E-state index contributed by atoms with van der Waals surface area (Å²) >= 11 is 0. The monoisotopic (exact) mass is 275 g/mol. The van der Waals surface area contributed by atoms with Crippen LogP contribution in [0, 0.1) is 12.3 Å². The summed E-state index contributed by atoms with van der Waals surface area (Å²) in [5, 5.41) is 3.54. The van der Waals surface area contributed by atoms with Crippen molar-refractivity contribution in [3.63, 3.8) is 0 Å². The third-order valence-corrected chi connectivity index (χ3v) is 4.45. The molecule has 2 rings (SSSR count). The van der Waals surface area contributed by atoms with Gasteiger partial charge in [0.05, 0.1) is 0 Å². The molecule has 1 aromatic rings. The van der Waals surface area contributed by atoms with Gasteiger partial charge >= 0.3 is 0 Å². The van der Waals surface area contributed by atoms with Crippen molar-refractivity contribution in [2.24, 2.45) is 5.41 Å². The molecular weight excluding hydrogens is 246 g/mol. The van der Waals surface area contributed by atoms with Crippen LogP contribution >= 0.6 is 0 Å². The highest BCUT2D eigenvalue weighted by molar-refractivity contribution is 5.47. The lowest BCUT2D eigenvalue weighted by molar-refractivity contribution is 0.328. The fourth-order valence-electron chi connectivity index (χ4n) is 2.41. The molecule has 1 atom stereocenters. The molecular formula is C17H29N3. The molecule has 1 aliphatic carbocycles. The summed E-state index contributed by atoms with van der Waals surface area (Å²) in [5.41, 5.74) is 2.79. The standard InChI is InChI=1S/C17H29N3/c1-12-9-14(10-18-15-7-8-15)11-19-16(12)20(6)13(2)17(3,4)5/h9,11,13,15,18H,7-8,10H2,1-6H3. The zero-order valence-electron chi connectivity index (χ0n) is 13.8. The first kappa shape index (κ1) is 15.3. The molecule has 0 saturated heterocycles. The van der Waals surface area contributed by atoms with Crippen molar-refractivity contribution in [3.8, 4) is 0 Å². The molecule has 1 saturated carbocycles. The third-order valence-electron chi connectivity index (χ3n) is 4.45. The maximum absolute atomic E-state index is 4.70. The first-order valence-corrected chi connectivity index (χ1v) is 7.71. The SMILES string of the molecule is Cc1cc(CNC2CC2)cnc1N(C)C(C)C(C)(C)C. The Bertz CT molecular complexity index is 458. The number of pyridine rings is 1. The maximum Gasteiger partial charge on any atom is 0.131 e. The van der Waals surface area contributed by atoms with Gasteiger partial charge in [0.2, 0.25) is 0 Å². The van der Waals surface area contributed by atoms with Crippen LogP contribution in [0.15, 0.2) is 12.3 Å². The smallest absolute Gasteiger partial charge is 0.131 e. The quantitative estimate of drug-likeness (QED) is 0.891. The van der Waals surface area contributed by atoms with E-state index in [1.54, 1.807) is 0 Å². The predicted molar refractivity (Wildman–Crippen MR) is 86.2 cm³/mol. The van der Waals surface area contributed by atoms with Gasteiger partial charge in [-0.2, -0.15) is 0 Å². The molecule has 3 nitrogen and oxygen atoms in total. The van der Waals surface area contributed by atoms with Gasteiger partial charge in [0.25, 0.3) is 0 Å². The van der Waals surface area contributed by atoms with E-state index in [-0.39, 0.29) is 5.41 Å². The Hall–Kier alpha value is -1.09. The van der Waals surface area contributed by atoms with E-state index in [0.717, 1.165) is 18.4 Å². The van der Waals surface area contributed by atoms with Gasteiger partial charge in [-0.3, -0.25) is 0 Å². The van der Waals surface area contributed by atoms with Crippen LogP contribution in [0.5, 0.6) is 0 Å². The summed E-state index contributed by atoms with van der Waals surface area (Å²) in [5.74, 6) is 1.10. The van der Waals surface area contributed by atoms with Crippen molar-refractivity contribution in [3.05, 3.63) is 23.4 Å². The van der Waals surface area contributed by atoms with Gasteiger partial charge in [-0.05, 0) is 49.3 Å². The number of anilines is 1. The molecule has 0 amide bonds. The second-order valence-corrected chi connectivity index (χ2v) is 7.29. The van der Waals surface area contributed by atoms with E-state index in [2.05, 4.69) is 57.9 Å². The molecule has 1 fully saturated rings. The van der Waals surface area contributed by atoms with Gasteiger partial charge in [0.15, 0.2) is 0 Å². The zero-order valence-corrected chi connectivity index (χ0v) is 13.8. The minimum Gasteiger partial charge on any atom is -0.356 e. The number of nitrogens with one attached hydrogen (secondary N) is 1. The van der Waals surface area contributed by atoms with Gasteiger partial charge in [0, 0.05) is 31.9 Å². The minimum absolute atomic E-state index is 0.245. The van der Waals surface area contributed by atoms with Crippen LogP contribution in [-0.2, 0) is 6.54 Å². The highest BCUT2D eigenvalue weighted by atomic mass is 15.2. The van der Waals surface area contributed by atoms with Crippen LogP contribution < -0.4 is 10.2 Å². The normalized spacial score (nSPS) is 17.1. The Balaban J connectivity index is 2.07. The number of rotatable bonds is 5. The fraction of sp³-hybridized carbons (Fsp3) is 0.706. The zero-order chi connectivity index (χ0) is 14.9. The van der Waals surface area contributed by atoms with Crippen molar-refractivity contribution in [2.75, 3.05) is 11.9 Å². The molecule has 1 heterocycles. The van der Waals surface area contributed by atoms with Crippen molar-refractivity contribution in [1.29, 1.82) is 0 Å². The third kappa shape index (κ3) is 3.72. The van der Waals surface area contributed by atoms with Crippen LogP contribution in [0.25, 0.3) is 0 Å². The second kappa shape index (κ2) is 5.72. The van der Waals surface area contributed by atoms with Gasteiger partial charge in [-0.15, -0.1) is 0 Å². The fourth-order valence-corrected chi connectivity index (χ4v) is 2.41. The molecule has 0 spiro atoms. The minimum atomic E-state index is 0.245. The highest BCUT2D eigenvalue weighted by Gasteiger charge is 2.25. The summed E-state index contributed by atoms with van der Waals surface area (Å²) in [4.78, 5) is 7.00. The Morgan fingerprint density at radius 1 is 1.40 bits per heavy atom. The first-order chi connectivity index (χ1) is 9.29. The summed E-state index contributed by atoms with van der Waals surface area (Å²) in [6.07, 6.45) is 4.68. The molecule has 112 valence electrons. The van der Waals surface area contributed by atoms with Gasteiger partial charge in [0.1, 0.15) is 5.82 Å². The molecule has 1 unspecified atom stereocenters. The van der Waals surface area contributed by atoms with E-state index >= 15 is 0 Å². The van der Waals surface area contributed by atoms with Crippen LogP contribution in [-0.4, -0.2) is 24.1 Å². The summed E-state index contributed by atoms with van der Waals surface area (Å²) in [6, 6.07) is 3.46. The molecule has 0 aromatic carbocycles. The number of aryl methyl sites for hydroxylation is 1. The van der Waals surface area contributed by atoms with Crippen LogP contribution in [0.4, 0.5) is 5.82 Å². The molecule has 0 bridgehead atoms. The second-order valence-electron chi connectivity index (χ2n) is 7.29. The van der Waals surface area contributed by atoms with Gasteiger partial charge in [-0.1, -0.05) is 20.8 Å². The van der Waals surface area contributed by atoms with Crippen molar-refractivity contribution < 1.29 is 0 Å². The van der Waals surface area contributed by atoms with E-state index in [4.69, 9.17) is 4.98 Å². The number of hydrogen-bond acceptors (Lipinski definition) is 3. The Labute approximate surface area is 123 Å². The number of aromatic nitrogens is 1. The average Bonchev–Trinajstić information content (AvgIpc) is 3.17. The van der Waals surface area contributed by atoms with Crippen molar-refractivity contribution >= 4 is 5.82 Å². The van der Waals surface area contributed by atoms with E-state index in [0.29, 0.717) is 6.04 Å². The van der Waals surface area contributed by atoms with Gasteiger partial charge in [-0.25, -0.2) is 4.98 Å². The van der Waals surface area contributed by atoms with E-state index in [9.17, 15) is 0 Å². The summed E-state index contributed by atoms with van der Waals surface area (Å²) < 4.78 is 0. The Kier molecular flexibility index (Phi) is 4.38. The molecule has 1 N–H and O–H groups in total. The van der Waals surface area contributed by atoms with Crippen LogP contribution in [0.2, 0.25) is 0 Å². The summed E-state index contributed by atoms with van der Waals surface area (Å²) in [6.45, 7) is 12.2. The molecule has 0 aliphatic heterocycles. The summed E-state index contributed by atoms with van der Waals surface area (Å²) in [7, 11) is 2.15. The van der Waals surface area contributed by atoms with E-state index in [1.165, 1.54) is 24.0 Å². The van der Waals surface area contributed by atoms with E-state index < -0.39 is 0 Å². The van der Waals surface area contributed by atoms with Crippen molar-refractivity contribution in [1.82, 2.24) is 10.3 Å².